The van der Waals surface area contributed by atoms with Gasteiger partial charge in [-0.15, -0.1) is 0 Å². The molecular formula is C23H28F3NO4S. The van der Waals surface area contributed by atoms with E-state index in [1.54, 1.807) is 23.1 Å². The van der Waals surface area contributed by atoms with Crippen LogP contribution in [-0.4, -0.2) is 25.3 Å². The molecule has 1 amide bonds. The zero-order valence-corrected chi connectivity index (χ0v) is 19.3. The van der Waals surface area contributed by atoms with E-state index in [1.165, 1.54) is 6.07 Å². The van der Waals surface area contributed by atoms with Crippen LogP contribution in [0.15, 0.2) is 53.4 Å². The Balaban J connectivity index is 2.36. The lowest BCUT2D eigenvalue weighted by molar-refractivity contribution is -0.138. The zero-order chi connectivity index (χ0) is 24.1. The molecule has 0 radical (unpaired) electrons. The summed E-state index contributed by atoms with van der Waals surface area (Å²) in [5, 5.41) is 0. The molecule has 5 nitrogen and oxygen atoms in total. The van der Waals surface area contributed by atoms with E-state index in [2.05, 4.69) is 0 Å². The Kier molecular flexibility index (Phi) is 8.34. The highest BCUT2D eigenvalue weighted by molar-refractivity contribution is 7.87. The number of benzene rings is 2. The van der Waals surface area contributed by atoms with Crippen LogP contribution in [0, 0.1) is 5.92 Å². The van der Waals surface area contributed by atoms with E-state index >= 15 is 0 Å². The molecule has 0 N–H and O–H groups in total. The number of carbonyl (C=O) groups excluding carboxylic acids is 1. The van der Waals surface area contributed by atoms with Gasteiger partial charge in [0.15, 0.2) is 0 Å². The molecule has 9 heteroatoms. The molecule has 0 aliphatic carbocycles. The first-order valence-corrected chi connectivity index (χ1v) is 11.7. The summed E-state index contributed by atoms with van der Waals surface area (Å²) in [7, 11) is -4.52. The molecule has 0 spiro atoms. The lowest BCUT2D eigenvalue weighted by atomic mass is 10.1. The highest BCUT2D eigenvalue weighted by atomic mass is 32.2. The molecule has 0 saturated carbocycles. The second kappa shape index (κ2) is 10.4. The minimum atomic E-state index is -4.68. The number of amides is 1. The topological polar surface area (TPSA) is 63.7 Å². The Labute approximate surface area is 187 Å². The van der Waals surface area contributed by atoms with Gasteiger partial charge in [-0.2, -0.15) is 21.6 Å². The van der Waals surface area contributed by atoms with Crippen LogP contribution in [0.1, 0.15) is 51.7 Å². The minimum absolute atomic E-state index is 0.0319. The van der Waals surface area contributed by atoms with Crippen LogP contribution >= 0.6 is 0 Å². The van der Waals surface area contributed by atoms with Crippen LogP contribution in [0.3, 0.4) is 0 Å². The van der Waals surface area contributed by atoms with Crippen molar-refractivity contribution in [2.24, 2.45) is 5.92 Å². The van der Waals surface area contributed by atoms with Crippen molar-refractivity contribution < 1.29 is 30.6 Å². The Morgan fingerprint density at radius 1 is 1.06 bits per heavy atom. The van der Waals surface area contributed by atoms with Gasteiger partial charge in [0.1, 0.15) is 10.6 Å². The predicted octanol–water partition coefficient (Wildman–Crippen LogP) is 5.65. The summed E-state index contributed by atoms with van der Waals surface area (Å²) in [6.07, 6.45) is -3.64. The summed E-state index contributed by atoms with van der Waals surface area (Å²) in [5.41, 5.74) is -0.641. The van der Waals surface area contributed by atoms with Gasteiger partial charge in [0.25, 0.3) is 0 Å². The van der Waals surface area contributed by atoms with E-state index in [-0.39, 0.29) is 30.2 Å². The third-order valence-electron chi connectivity index (χ3n) is 4.99. The second-order valence-electron chi connectivity index (χ2n) is 8.05. The first-order chi connectivity index (χ1) is 14.8. The first-order valence-electron chi connectivity index (χ1n) is 10.3. The molecule has 0 saturated heterocycles. The third-order valence-corrected chi connectivity index (χ3v) is 6.22. The number of nitrogens with zero attached hydrogens (tertiary/aromatic N) is 1. The van der Waals surface area contributed by atoms with Crippen LogP contribution in [-0.2, 0) is 27.6 Å². The molecule has 176 valence electrons. The maximum Gasteiger partial charge on any atom is 0.416 e. The number of para-hydroxylation sites is 1. The van der Waals surface area contributed by atoms with Gasteiger partial charge in [-0.1, -0.05) is 45.0 Å². The van der Waals surface area contributed by atoms with Crippen molar-refractivity contribution in [1.82, 2.24) is 4.90 Å². The fourth-order valence-electron chi connectivity index (χ4n) is 3.07. The summed E-state index contributed by atoms with van der Waals surface area (Å²) in [4.78, 5) is 13.8. The van der Waals surface area contributed by atoms with Crippen LogP contribution in [0.25, 0.3) is 0 Å². The molecule has 1 atom stereocenters. The van der Waals surface area contributed by atoms with Crippen LogP contribution < -0.4 is 4.18 Å². The number of hydrogen-bond donors (Lipinski definition) is 0. The molecule has 0 bridgehead atoms. The van der Waals surface area contributed by atoms with Gasteiger partial charge < -0.3 is 9.08 Å². The van der Waals surface area contributed by atoms with Gasteiger partial charge in [-0.25, -0.2) is 0 Å². The lowest BCUT2D eigenvalue weighted by Gasteiger charge is -2.30. The van der Waals surface area contributed by atoms with E-state index in [1.807, 2.05) is 27.7 Å². The van der Waals surface area contributed by atoms with Gasteiger partial charge >= 0.3 is 16.3 Å². The average molecular weight is 472 g/mol. The Morgan fingerprint density at radius 2 is 1.72 bits per heavy atom. The Hall–Kier alpha value is -2.55. The van der Waals surface area contributed by atoms with Crippen LogP contribution in [0.4, 0.5) is 13.2 Å². The standard InChI is InChI=1S/C23H28F3NO4S/c1-5-17(4)27(22(28)13-16(2)3)15-18-9-6-7-12-21(18)31-32(29,30)20-11-8-10-19(14-20)23(24,25)26/h6-12,14,16-17H,5,13,15H2,1-4H3/t17-/m1/s1. The van der Waals surface area contributed by atoms with E-state index in [4.69, 9.17) is 4.18 Å². The number of halogens is 3. The fraction of sp³-hybridized carbons (Fsp3) is 0.435. The van der Waals surface area contributed by atoms with Gasteiger partial charge in [0.2, 0.25) is 5.91 Å². The monoisotopic (exact) mass is 471 g/mol. The normalized spacial score (nSPS) is 13.1. The molecule has 0 heterocycles. The van der Waals surface area contributed by atoms with Crippen molar-refractivity contribution in [3.05, 3.63) is 59.7 Å². The quantitative estimate of drug-likeness (QED) is 0.444. The van der Waals surface area contributed by atoms with Gasteiger partial charge in [-0.05, 0) is 43.5 Å². The van der Waals surface area contributed by atoms with Crippen molar-refractivity contribution in [3.8, 4) is 5.75 Å². The number of hydrogen-bond acceptors (Lipinski definition) is 4. The minimum Gasteiger partial charge on any atom is -0.379 e. The molecule has 2 rings (SSSR count). The van der Waals surface area contributed by atoms with E-state index in [0.29, 0.717) is 24.5 Å². The van der Waals surface area contributed by atoms with Gasteiger partial charge in [-0.3, -0.25) is 4.79 Å². The molecule has 0 aliphatic heterocycles. The molecule has 0 aliphatic rings. The van der Waals surface area contributed by atoms with Crippen molar-refractivity contribution in [1.29, 1.82) is 0 Å². The predicted molar refractivity (Wildman–Crippen MR) is 115 cm³/mol. The van der Waals surface area contributed by atoms with Crippen LogP contribution in [0.2, 0.25) is 0 Å². The fourth-order valence-corrected chi connectivity index (χ4v) is 4.08. The summed E-state index contributed by atoms with van der Waals surface area (Å²) < 4.78 is 69.6. The Bertz CT molecular complexity index is 1040. The van der Waals surface area contributed by atoms with Crippen molar-refractivity contribution >= 4 is 16.0 Å². The van der Waals surface area contributed by atoms with E-state index in [0.717, 1.165) is 18.2 Å². The summed E-state index contributed by atoms with van der Waals surface area (Å²) in [6.45, 7) is 7.84. The Morgan fingerprint density at radius 3 is 2.31 bits per heavy atom. The summed E-state index contributed by atoms with van der Waals surface area (Å²) in [5.74, 6) is 0.0577. The molecule has 0 aromatic heterocycles. The lowest BCUT2D eigenvalue weighted by Crippen LogP contribution is -2.38. The zero-order valence-electron chi connectivity index (χ0n) is 18.5. The van der Waals surface area contributed by atoms with Gasteiger partial charge in [0, 0.05) is 24.6 Å². The van der Waals surface area contributed by atoms with Gasteiger partial charge in [0.05, 0.1) is 5.56 Å². The number of alkyl halides is 3. The molecule has 2 aromatic rings. The molecule has 2 aromatic carbocycles. The average Bonchev–Trinajstić information content (AvgIpc) is 2.71. The molecule has 0 fully saturated rings. The van der Waals surface area contributed by atoms with Crippen molar-refractivity contribution in [2.75, 3.05) is 0 Å². The van der Waals surface area contributed by atoms with Crippen molar-refractivity contribution in [2.45, 2.75) is 64.2 Å². The SMILES string of the molecule is CC[C@@H](C)N(Cc1ccccc1OS(=O)(=O)c1cccc(C(F)(F)F)c1)C(=O)CC(C)C. The third kappa shape index (κ3) is 6.72. The van der Waals surface area contributed by atoms with E-state index in [9.17, 15) is 26.4 Å². The highest BCUT2D eigenvalue weighted by Crippen LogP contribution is 2.32. The van der Waals surface area contributed by atoms with Crippen LogP contribution in [0.5, 0.6) is 5.75 Å². The smallest absolute Gasteiger partial charge is 0.379 e. The summed E-state index contributed by atoms with van der Waals surface area (Å²) >= 11 is 0. The summed E-state index contributed by atoms with van der Waals surface area (Å²) in [6, 6.07) is 9.59. The maximum absolute atomic E-state index is 13.0. The van der Waals surface area contributed by atoms with Crippen molar-refractivity contribution in [3.63, 3.8) is 0 Å². The number of rotatable bonds is 9. The number of carbonyl (C=O) groups is 1. The molecular weight excluding hydrogens is 443 g/mol. The molecule has 32 heavy (non-hydrogen) atoms. The maximum atomic E-state index is 13.0. The largest absolute Gasteiger partial charge is 0.416 e. The molecule has 0 unspecified atom stereocenters. The highest BCUT2D eigenvalue weighted by Gasteiger charge is 2.32. The second-order valence-corrected chi connectivity index (χ2v) is 9.59. The van der Waals surface area contributed by atoms with E-state index < -0.39 is 26.8 Å². The first kappa shape index (κ1) is 25.7.